The molecule has 108 valence electrons. The van der Waals surface area contributed by atoms with E-state index in [0.29, 0.717) is 18.0 Å². The van der Waals surface area contributed by atoms with Crippen molar-refractivity contribution in [2.24, 2.45) is 0 Å². The van der Waals surface area contributed by atoms with Gasteiger partial charge in [-0.25, -0.2) is 4.39 Å². The Balaban J connectivity index is 1.90. The third-order valence-corrected chi connectivity index (χ3v) is 2.78. The Labute approximate surface area is 123 Å². The molecule has 0 bridgehead atoms. The fourth-order valence-corrected chi connectivity index (χ4v) is 1.78. The topological polar surface area (TPSA) is 38.3 Å². The Hall–Kier alpha value is -2.62. The van der Waals surface area contributed by atoms with Crippen molar-refractivity contribution in [2.45, 2.75) is 6.42 Å². The van der Waals surface area contributed by atoms with Crippen LogP contribution in [-0.2, 0) is 11.2 Å². The lowest BCUT2D eigenvalue weighted by atomic mass is 10.1. The van der Waals surface area contributed by atoms with Crippen LogP contribution in [0.15, 0.2) is 61.2 Å². The number of hydrogen-bond acceptors (Lipinski definition) is 2. The second kappa shape index (κ2) is 7.24. The van der Waals surface area contributed by atoms with Crippen molar-refractivity contribution in [3.8, 4) is 5.75 Å². The molecular formula is C17H16FNO2. The third-order valence-electron chi connectivity index (χ3n) is 2.78. The lowest BCUT2D eigenvalue weighted by Crippen LogP contribution is -2.14. The average molecular weight is 285 g/mol. The van der Waals surface area contributed by atoms with E-state index in [2.05, 4.69) is 11.9 Å². The Morgan fingerprint density at radius 1 is 1.14 bits per heavy atom. The predicted molar refractivity (Wildman–Crippen MR) is 80.9 cm³/mol. The molecule has 1 N–H and O–H groups in total. The molecule has 2 aromatic rings. The van der Waals surface area contributed by atoms with Gasteiger partial charge in [0.1, 0.15) is 18.2 Å². The summed E-state index contributed by atoms with van der Waals surface area (Å²) >= 11 is 0. The molecule has 0 atom stereocenters. The zero-order valence-electron chi connectivity index (χ0n) is 11.5. The number of hydrogen-bond donors (Lipinski definition) is 1. The highest BCUT2D eigenvalue weighted by Crippen LogP contribution is 2.16. The summed E-state index contributed by atoms with van der Waals surface area (Å²) in [4.78, 5) is 11.9. The smallest absolute Gasteiger partial charge is 0.228 e. The summed E-state index contributed by atoms with van der Waals surface area (Å²) in [5.74, 6) is 0.252. The fraction of sp³-hybridized carbons (Fsp3) is 0.118. The Morgan fingerprint density at radius 3 is 2.43 bits per heavy atom. The standard InChI is InChI=1S/C17H16FNO2/c1-2-11-21-16-9-7-15(8-10-16)19-17(20)12-13-3-5-14(18)6-4-13/h2-10H,1,11-12H2,(H,19,20). The van der Waals surface area contributed by atoms with Crippen LogP contribution < -0.4 is 10.1 Å². The van der Waals surface area contributed by atoms with E-state index in [4.69, 9.17) is 4.74 Å². The number of rotatable bonds is 6. The lowest BCUT2D eigenvalue weighted by Gasteiger charge is -2.07. The van der Waals surface area contributed by atoms with Crippen LogP contribution in [0, 0.1) is 5.82 Å². The van der Waals surface area contributed by atoms with E-state index < -0.39 is 0 Å². The van der Waals surface area contributed by atoms with Crippen LogP contribution in [0.25, 0.3) is 0 Å². The monoisotopic (exact) mass is 285 g/mol. The van der Waals surface area contributed by atoms with Gasteiger partial charge in [0.15, 0.2) is 0 Å². The highest BCUT2D eigenvalue weighted by molar-refractivity contribution is 5.92. The SMILES string of the molecule is C=CCOc1ccc(NC(=O)Cc2ccc(F)cc2)cc1. The summed E-state index contributed by atoms with van der Waals surface area (Å²) in [6.07, 6.45) is 1.87. The summed E-state index contributed by atoms with van der Waals surface area (Å²) in [5, 5.41) is 2.78. The van der Waals surface area contributed by atoms with Gasteiger partial charge in [0.05, 0.1) is 6.42 Å². The number of amides is 1. The van der Waals surface area contributed by atoms with E-state index in [1.807, 2.05) is 0 Å². The molecule has 0 aliphatic rings. The van der Waals surface area contributed by atoms with E-state index in [0.717, 1.165) is 5.56 Å². The van der Waals surface area contributed by atoms with Gasteiger partial charge in [0, 0.05) is 5.69 Å². The van der Waals surface area contributed by atoms with Crippen molar-refractivity contribution >= 4 is 11.6 Å². The van der Waals surface area contributed by atoms with Gasteiger partial charge in [0.2, 0.25) is 5.91 Å². The first kappa shape index (κ1) is 14.8. The molecule has 0 radical (unpaired) electrons. The lowest BCUT2D eigenvalue weighted by molar-refractivity contribution is -0.115. The van der Waals surface area contributed by atoms with Gasteiger partial charge in [-0.3, -0.25) is 4.79 Å². The van der Waals surface area contributed by atoms with Crippen molar-refractivity contribution in [1.29, 1.82) is 0 Å². The number of benzene rings is 2. The normalized spacial score (nSPS) is 9.95. The Morgan fingerprint density at radius 2 is 1.81 bits per heavy atom. The van der Waals surface area contributed by atoms with Crippen molar-refractivity contribution in [3.05, 3.63) is 72.6 Å². The van der Waals surface area contributed by atoms with Crippen molar-refractivity contribution in [1.82, 2.24) is 0 Å². The molecule has 0 heterocycles. The number of halogens is 1. The van der Waals surface area contributed by atoms with Crippen LogP contribution in [0.4, 0.5) is 10.1 Å². The number of ether oxygens (including phenoxy) is 1. The summed E-state index contributed by atoms with van der Waals surface area (Å²) in [6.45, 7) is 4.01. The van der Waals surface area contributed by atoms with Crippen molar-refractivity contribution in [3.63, 3.8) is 0 Å². The van der Waals surface area contributed by atoms with E-state index in [1.165, 1.54) is 12.1 Å². The van der Waals surface area contributed by atoms with E-state index in [1.54, 1.807) is 42.5 Å². The quantitative estimate of drug-likeness (QED) is 0.824. The third kappa shape index (κ3) is 4.76. The van der Waals surface area contributed by atoms with Gasteiger partial charge < -0.3 is 10.1 Å². The molecule has 2 aromatic carbocycles. The molecule has 4 heteroatoms. The maximum absolute atomic E-state index is 12.8. The van der Waals surface area contributed by atoms with Crippen molar-refractivity contribution in [2.75, 3.05) is 11.9 Å². The zero-order chi connectivity index (χ0) is 15.1. The number of nitrogens with one attached hydrogen (secondary N) is 1. The Bertz CT molecular complexity index is 606. The number of anilines is 1. The minimum Gasteiger partial charge on any atom is -0.490 e. The van der Waals surface area contributed by atoms with Crippen molar-refractivity contribution < 1.29 is 13.9 Å². The second-order valence-electron chi connectivity index (χ2n) is 4.48. The molecule has 0 spiro atoms. The maximum Gasteiger partial charge on any atom is 0.228 e. The van der Waals surface area contributed by atoms with Crippen LogP contribution in [0.1, 0.15) is 5.56 Å². The summed E-state index contributed by atoms with van der Waals surface area (Å²) < 4.78 is 18.1. The highest BCUT2D eigenvalue weighted by atomic mass is 19.1. The van der Waals surface area contributed by atoms with Crippen LogP contribution in [0.5, 0.6) is 5.75 Å². The molecule has 0 aliphatic carbocycles. The minimum atomic E-state index is -0.311. The van der Waals surface area contributed by atoms with E-state index >= 15 is 0 Å². The average Bonchev–Trinajstić information content (AvgIpc) is 2.49. The molecule has 0 unspecified atom stereocenters. The van der Waals surface area contributed by atoms with Gasteiger partial charge in [0.25, 0.3) is 0 Å². The van der Waals surface area contributed by atoms with Gasteiger partial charge in [-0.05, 0) is 42.0 Å². The molecule has 21 heavy (non-hydrogen) atoms. The van der Waals surface area contributed by atoms with Crippen LogP contribution in [-0.4, -0.2) is 12.5 Å². The molecule has 3 nitrogen and oxygen atoms in total. The largest absolute Gasteiger partial charge is 0.490 e. The zero-order valence-corrected chi connectivity index (χ0v) is 11.5. The molecule has 0 saturated heterocycles. The van der Waals surface area contributed by atoms with E-state index in [9.17, 15) is 9.18 Å². The number of carbonyl (C=O) groups excluding carboxylic acids is 1. The van der Waals surface area contributed by atoms with Crippen LogP contribution >= 0.6 is 0 Å². The molecule has 0 aromatic heterocycles. The number of carbonyl (C=O) groups is 1. The van der Waals surface area contributed by atoms with Gasteiger partial charge in [-0.1, -0.05) is 24.8 Å². The van der Waals surface area contributed by atoms with Gasteiger partial charge in [-0.15, -0.1) is 0 Å². The molecule has 0 fully saturated rings. The Kier molecular flexibility index (Phi) is 5.10. The summed E-state index contributed by atoms with van der Waals surface area (Å²) in [7, 11) is 0. The van der Waals surface area contributed by atoms with Crippen LogP contribution in [0.3, 0.4) is 0 Å². The summed E-state index contributed by atoms with van der Waals surface area (Å²) in [6, 6.07) is 13.0. The van der Waals surface area contributed by atoms with Crippen LogP contribution in [0.2, 0.25) is 0 Å². The second-order valence-corrected chi connectivity index (χ2v) is 4.48. The molecule has 1 amide bonds. The maximum atomic E-state index is 12.8. The van der Waals surface area contributed by atoms with Gasteiger partial charge in [-0.2, -0.15) is 0 Å². The molecule has 2 rings (SSSR count). The molecule has 0 saturated carbocycles. The first-order chi connectivity index (χ1) is 10.2. The minimum absolute atomic E-state index is 0.152. The first-order valence-corrected chi connectivity index (χ1v) is 6.55. The fourth-order valence-electron chi connectivity index (χ4n) is 1.78. The molecular weight excluding hydrogens is 269 g/mol. The van der Waals surface area contributed by atoms with Gasteiger partial charge >= 0.3 is 0 Å². The predicted octanol–water partition coefficient (Wildman–Crippen LogP) is 3.57. The van der Waals surface area contributed by atoms with E-state index in [-0.39, 0.29) is 18.1 Å². The molecule has 0 aliphatic heterocycles. The first-order valence-electron chi connectivity index (χ1n) is 6.55. The highest BCUT2D eigenvalue weighted by Gasteiger charge is 2.04. The summed E-state index contributed by atoms with van der Waals surface area (Å²) in [5.41, 5.74) is 1.45.